The molecule has 3 aromatic rings. The van der Waals surface area contributed by atoms with Crippen LogP contribution in [0, 0.1) is 6.92 Å². The summed E-state index contributed by atoms with van der Waals surface area (Å²) in [6.07, 6.45) is 6.20. The second-order valence-electron chi connectivity index (χ2n) is 7.92. The van der Waals surface area contributed by atoms with Gasteiger partial charge in [-0.1, -0.05) is 18.2 Å². The average Bonchev–Trinajstić information content (AvgIpc) is 3.51. The molecule has 3 aromatic carbocycles. The third-order valence-electron chi connectivity index (χ3n) is 5.34. The summed E-state index contributed by atoms with van der Waals surface area (Å²) in [4.78, 5) is 25.1. The van der Waals surface area contributed by atoms with E-state index < -0.39 is 0 Å². The SMILES string of the molecule is Cc1ccc(NC(=O)C=Cc2ccc3c(c2)OCO3)c(NC(=O)C=Cc2ccc3c(c2)OCO3)c1. The topological polar surface area (TPSA) is 95.1 Å². The number of amides is 2. The number of carbonyl (C=O) groups excluding carboxylic acids is 2. The van der Waals surface area contributed by atoms with Crippen molar-refractivity contribution in [2.45, 2.75) is 6.92 Å². The van der Waals surface area contributed by atoms with Crippen LogP contribution in [0.2, 0.25) is 0 Å². The van der Waals surface area contributed by atoms with Crippen molar-refractivity contribution in [2.75, 3.05) is 24.2 Å². The van der Waals surface area contributed by atoms with Crippen molar-refractivity contribution in [1.82, 2.24) is 0 Å². The normalized spacial score (nSPS) is 13.4. The molecule has 35 heavy (non-hydrogen) atoms. The fourth-order valence-corrected chi connectivity index (χ4v) is 3.60. The Hall–Kier alpha value is -4.72. The van der Waals surface area contributed by atoms with Crippen molar-refractivity contribution >= 4 is 35.3 Å². The highest BCUT2D eigenvalue weighted by atomic mass is 16.7. The molecule has 2 amide bonds. The smallest absolute Gasteiger partial charge is 0.248 e. The van der Waals surface area contributed by atoms with Crippen molar-refractivity contribution in [3.8, 4) is 23.0 Å². The van der Waals surface area contributed by atoms with Crippen LogP contribution in [-0.2, 0) is 9.59 Å². The third kappa shape index (κ3) is 5.27. The number of carbonyl (C=O) groups is 2. The number of fused-ring (bicyclic) bond motifs is 2. The molecule has 2 aliphatic rings. The average molecular weight is 470 g/mol. The molecule has 0 fully saturated rings. The van der Waals surface area contributed by atoms with Crippen molar-refractivity contribution in [1.29, 1.82) is 0 Å². The second kappa shape index (κ2) is 9.64. The molecule has 2 heterocycles. The molecule has 2 N–H and O–H groups in total. The Kier molecular flexibility index (Phi) is 6.09. The van der Waals surface area contributed by atoms with Crippen molar-refractivity contribution < 1.29 is 28.5 Å². The van der Waals surface area contributed by atoms with E-state index in [0.29, 0.717) is 34.4 Å². The molecular weight excluding hydrogens is 448 g/mol. The molecule has 0 radical (unpaired) electrons. The number of rotatable bonds is 6. The monoisotopic (exact) mass is 470 g/mol. The summed E-state index contributed by atoms with van der Waals surface area (Å²) < 4.78 is 21.3. The third-order valence-corrected chi connectivity index (χ3v) is 5.34. The molecule has 0 aliphatic carbocycles. The Morgan fingerprint density at radius 2 is 1.17 bits per heavy atom. The molecule has 0 aromatic heterocycles. The van der Waals surface area contributed by atoms with Gasteiger partial charge in [0.05, 0.1) is 11.4 Å². The first-order valence-electron chi connectivity index (χ1n) is 10.9. The Labute approximate surface area is 201 Å². The van der Waals surface area contributed by atoms with Gasteiger partial charge in [0.2, 0.25) is 25.4 Å². The van der Waals surface area contributed by atoms with E-state index in [0.717, 1.165) is 16.7 Å². The largest absolute Gasteiger partial charge is 0.454 e. The Bertz CT molecular complexity index is 1360. The van der Waals surface area contributed by atoms with Crippen LogP contribution in [0.3, 0.4) is 0 Å². The molecule has 0 saturated heterocycles. The summed E-state index contributed by atoms with van der Waals surface area (Å²) in [5.74, 6) is 1.98. The summed E-state index contributed by atoms with van der Waals surface area (Å²) in [7, 11) is 0. The predicted octanol–water partition coefficient (Wildman–Crippen LogP) is 4.76. The standard InChI is InChI=1S/C27H22N2O6/c1-17-2-7-20(28-26(30)10-5-18-3-8-22-24(13-18)34-15-32-22)21(12-17)29-27(31)11-6-19-4-9-23-25(14-19)35-16-33-23/h2-14H,15-16H2,1H3,(H,28,30)(H,29,31). The molecule has 5 rings (SSSR count). The highest BCUT2D eigenvalue weighted by molar-refractivity contribution is 6.08. The van der Waals surface area contributed by atoms with Gasteiger partial charge in [0.1, 0.15) is 0 Å². The first-order valence-corrected chi connectivity index (χ1v) is 10.9. The second-order valence-corrected chi connectivity index (χ2v) is 7.92. The van der Waals surface area contributed by atoms with E-state index in [1.54, 1.807) is 48.6 Å². The molecule has 0 unspecified atom stereocenters. The van der Waals surface area contributed by atoms with Crippen LogP contribution in [0.15, 0.2) is 66.7 Å². The highest BCUT2D eigenvalue weighted by Gasteiger charge is 2.14. The van der Waals surface area contributed by atoms with E-state index in [9.17, 15) is 9.59 Å². The van der Waals surface area contributed by atoms with Gasteiger partial charge in [-0.25, -0.2) is 0 Å². The minimum Gasteiger partial charge on any atom is -0.454 e. The van der Waals surface area contributed by atoms with E-state index in [1.165, 1.54) is 12.2 Å². The lowest BCUT2D eigenvalue weighted by Crippen LogP contribution is -2.13. The lowest BCUT2D eigenvalue weighted by Gasteiger charge is -2.11. The number of anilines is 2. The van der Waals surface area contributed by atoms with E-state index >= 15 is 0 Å². The van der Waals surface area contributed by atoms with Crippen LogP contribution < -0.4 is 29.6 Å². The van der Waals surface area contributed by atoms with Crippen molar-refractivity contribution in [3.63, 3.8) is 0 Å². The molecule has 0 saturated carbocycles. The van der Waals surface area contributed by atoms with Gasteiger partial charge in [0.15, 0.2) is 23.0 Å². The predicted molar refractivity (Wildman–Crippen MR) is 132 cm³/mol. The van der Waals surface area contributed by atoms with Crippen LogP contribution in [0.4, 0.5) is 11.4 Å². The van der Waals surface area contributed by atoms with E-state index in [1.807, 2.05) is 25.1 Å². The lowest BCUT2D eigenvalue weighted by molar-refractivity contribution is -0.112. The number of aryl methyl sites for hydroxylation is 1. The molecule has 0 bridgehead atoms. The lowest BCUT2D eigenvalue weighted by atomic mass is 10.1. The quantitative estimate of drug-likeness (QED) is 0.505. The van der Waals surface area contributed by atoms with E-state index in [-0.39, 0.29) is 25.4 Å². The van der Waals surface area contributed by atoms with Gasteiger partial charge in [0, 0.05) is 12.2 Å². The first kappa shape index (κ1) is 22.1. The minimum absolute atomic E-state index is 0.191. The van der Waals surface area contributed by atoms with Gasteiger partial charge in [-0.05, 0) is 72.2 Å². The van der Waals surface area contributed by atoms with Crippen LogP contribution in [-0.4, -0.2) is 25.4 Å². The number of nitrogens with one attached hydrogen (secondary N) is 2. The maximum Gasteiger partial charge on any atom is 0.248 e. The van der Waals surface area contributed by atoms with Crippen LogP contribution in [0.5, 0.6) is 23.0 Å². The van der Waals surface area contributed by atoms with Crippen LogP contribution in [0.1, 0.15) is 16.7 Å². The van der Waals surface area contributed by atoms with Gasteiger partial charge in [-0.15, -0.1) is 0 Å². The summed E-state index contributed by atoms with van der Waals surface area (Å²) in [6, 6.07) is 16.3. The molecule has 8 heteroatoms. The Morgan fingerprint density at radius 3 is 1.74 bits per heavy atom. The molecule has 2 aliphatic heterocycles. The molecule has 176 valence electrons. The first-order chi connectivity index (χ1) is 17.0. The summed E-state index contributed by atoms with van der Waals surface area (Å²) in [5, 5.41) is 5.65. The zero-order valence-corrected chi connectivity index (χ0v) is 18.9. The Balaban J connectivity index is 1.24. The molecule has 0 atom stereocenters. The zero-order valence-electron chi connectivity index (χ0n) is 18.9. The summed E-state index contributed by atoms with van der Waals surface area (Å²) in [6.45, 7) is 2.29. The zero-order chi connectivity index (χ0) is 24.2. The number of ether oxygens (including phenoxy) is 4. The van der Waals surface area contributed by atoms with E-state index in [2.05, 4.69) is 10.6 Å². The maximum absolute atomic E-state index is 12.6. The summed E-state index contributed by atoms with van der Waals surface area (Å²) >= 11 is 0. The van der Waals surface area contributed by atoms with Crippen LogP contribution in [0.25, 0.3) is 12.2 Å². The van der Waals surface area contributed by atoms with E-state index in [4.69, 9.17) is 18.9 Å². The van der Waals surface area contributed by atoms with Gasteiger partial charge < -0.3 is 29.6 Å². The fraction of sp³-hybridized carbons (Fsp3) is 0.111. The summed E-state index contributed by atoms with van der Waals surface area (Å²) in [5.41, 5.74) is 3.52. The van der Waals surface area contributed by atoms with Gasteiger partial charge in [-0.3, -0.25) is 9.59 Å². The molecule has 0 spiro atoms. The molecule has 8 nitrogen and oxygen atoms in total. The highest BCUT2D eigenvalue weighted by Crippen LogP contribution is 2.34. The van der Waals surface area contributed by atoms with Crippen molar-refractivity contribution in [3.05, 3.63) is 83.4 Å². The van der Waals surface area contributed by atoms with Gasteiger partial charge in [0.25, 0.3) is 0 Å². The number of hydrogen-bond donors (Lipinski definition) is 2. The molecular formula is C27H22N2O6. The van der Waals surface area contributed by atoms with Gasteiger partial charge in [-0.2, -0.15) is 0 Å². The Morgan fingerprint density at radius 1 is 0.657 bits per heavy atom. The van der Waals surface area contributed by atoms with Crippen molar-refractivity contribution in [2.24, 2.45) is 0 Å². The maximum atomic E-state index is 12.6. The number of hydrogen-bond acceptors (Lipinski definition) is 6. The van der Waals surface area contributed by atoms with Crippen LogP contribution >= 0.6 is 0 Å². The fourth-order valence-electron chi connectivity index (χ4n) is 3.60. The minimum atomic E-state index is -0.335. The number of benzene rings is 3. The van der Waals surface area contributed by atoms with Gasteiger partial charge >= 0.3 is 0 Å².